The Labute approximate surface area is 212 Å². The number of hydrogen-bond acceptors (Lipinski definition) is 5. The van der Waals surface area contributed by atoms with Gasteiger partial charge in [-0.2, -0.15) is 0 Å². The smallest absolute Gasteiger partial charge is 0.244 e. The Balaban J connectivity index is 2.39. The summed E-state index contributed by atoms with van der Waals surface area (Å²) in [6, 6.07) is 12.1. The highest BCUT2D eigenvalue weighted by molar-refractivity contribution is 7.92. The first-order valence-corrected chi connectivity index (χ1v) is 13.6. The molecule has 0 aromatic heterocycles. The third-order valence-corrected chi connectivity index (χ3v) is 6.83. The minimum Gasteiger partial charge on any atom is -0.354 e. The van der Waals surface area contributed by atoms with E-state index in [1.54, 1.807) is 43.3 Å². The fraction of sp³-hybridized carbons (Fsp3) is 0.400. The number of halogens is 1. The molecule has 2 amide bonds. The van der Waals surface area contributed by atoms with Gasteiger partial charge in [0, 0.05) is 23.7 Å². The number of sulfonamides is 1. The van der Waals surface area contributed by atoms with Crippen LogP contribution in [0.3, 0.4) is 0 Å². The highest BCUT2D eigenvalue weighted by Crippen LogP contribution is 2.21. The number of carbonyl (C=O) groups is 3. The first-order valence-electron chi connectivity index (χ1n) is 11.3. The lowest BCUT2D eigenvalue weighted by molar-refractivity contribution is -0.139. The molecule has 2 aromatic carbocycles. The third kappa shape index (κ3) is 8.36. The van der Waals surface area contributed by atoms with Gasteiger partial charge in [-0.25, -0.2) is 8.42 Å². The maximum Gasteiger partial charge on any atom is 0.244 e. The molecule has 0 heterocycles. The van der Waals surface area contributed by atoms with E-state index in [9.17, 15) is 22.8 Å². The summed E-state index contributed by atoms with van der Waals surface area (Å²) >= 11 is 6.10. The molecule has 8 nitrogen and oxygen atoms in total. The van der Waals surface area contributed by atoms with E-state index in [4.69, 9.17) is 11.6 Å². The molecule has 0 aliphatic rings. The van der Waals surface area contributed by atoms with Gasteiger partial charge in [-0.3, -0.25) is 18.7 Å². The van der Waals surface area contributed by atoms with Crippen molar-refractivity contribution in [1.29, 1.82) is 0 Å². The quantitative estimate of drug-likeness (QED) is 0.339. The van der Waals surface area contributed by atoms with Crippen LogP contribution >= 0.6 is 11.6 Å². The van der Waals surface area contributed by atoms with Crippen molar-refractivity contribution in [3.05, 3.63) is 64.7 Å². The molecule has 2 aromatic rings. The lowest BCUT2D eigenvalue weighted by Crippen LogP contribution is -2.51. The predicted molar refractivity (Wildman–Crippen MR) is 138 cm³/mol. The van der Waals surface area contributed by atoms with E-state index < -0.39 is 28.5 Å². The zero-order valence-corrected chi connectivity index (χ0v) is 22.0. The van der Waals surface area contributed by atoms with Crippen molar-refractivity contribution in [3.63, 3.8) is 0 Å². The van der Waals surface area contributed by atoms with Gasteiger partial charge in [0.15, 0.2) is 5.78 Å². The van der Waals surface area contributed by atoms with Crippen LogP contribution in [0.4, 0.5) is 5.69 Å². The van der Waals surface area contributed by atoms with Crippen molar-refractivity contribution in [2.75, 3.05) is 23.7 Å². The molecule has 2 rings (SSSR count). The molecular formula is C25H32ClN3O5S. The van der Waals surface area contributed by atoms with E-state index >= 15 is 0 Å². The first kappa shape index (κ1) is 28.3. The van der Waals surface area contributed by atoms with E-state index in [2.05, 4.69) is 5.32 Å². The molecule has 35 heavy (non-hydrogen) atoms. The lowest BCUT2D eigenvalue weighted by Gasteiger charge is -2.31. The van der Waals surface area contributed by atoms with Crippen LogP contribution in [0.5, 0.6) is 0 Å². The van der Waals surface area contributed by atoms with Crippen LogP contribution in [0.25, 0.3) is 0 Å². The summed E-state index contributed by atoms with van der Waals surface area (Å²) in [4.78, 5) is 39.4. The van der Waals surface area contributed by atoms with Crippen molar-refractivity contribution < 1.29 is 22.8 Å². The van der Waals surface area contributed by atoms with Crippen LogP contribution < -0.4 is 9.62 Å². The fourth-order valence-corrected chi connectivity index (χ4v) is 4.50. The number of hydrogen-bond donors (Lipinski definition) is 1. The van der Waals surface area contributed by atoms with Gasteiger partial charge in [0.2, 0.25) is 21.8 Å². The summed E-state index contributed by atoms with van der Waals surface area (Å²) in [7, 11) is -3.88. The molecule has 0 radical (unpaired) electrons. The first-order chi connectivity index (χ1) is 16.4. The Morgan fingerprint density at radius 1 is 1.09 bits per heavy atom. The van der Waals surface area contributed by atoms with Crippen LogP contribution in [-0.2, 0) is 26.2 Å². The Bertz CT molecular complexity index is 1170. The second-order valence-corrected chi connectivity index (χ2v) is 10.7. The number of ketones is 1. The molecule has 10 heteroatoms. The van der Waals surface area contributed by atoms with Gasteiger partial charge in [0.05, 0.1) is 11.9 Å². The molecule has 0 fully saturated rings. The SMILES string of the molecule is CCCCNC(=O)[C@H](C)N(Cc1cccc(Cl)c1)C(=O)CN(c1cccc(C(C)=O)c1)S(C)(=O)=O. The van der Waals surface area contributed by atoms with E-state index in [1.807, 2.05) is 6.92 Å². The van der Waals surface area contributed by atoms with Gasteiger partial charge in [0.25, 0.3) is 0 Å². The number of nitrogens with zero attached hydrogens (tertiary/aromatic N) is 2. The largest absolute Gasteiger partial charge is 0.354 e. The van der Waals surface area contributed by atoms with Crippen molar-refractivity contribution >= 4 is 44.9 Å². The van der Waals surface area contributed by atoms with Crippen molar-refractivity contribution in [2.45, 2.75) is 46.2 Å². The minimum atomic E-state index is -3.88. The Hall–Kier alpha value is -2.91. The van der Waals surface area contributed by atoms with Crippen LogP contribution in [0.1, 0.15) is 49.5 Å². The summed E-state index contributed by atoms with van der Waals surface area (Å²) < 4.78 is 26.2. The lowest BCUT2D eigenvalue weighted by atomic mass is 10.1. The van der Waals surface area contributed by atoms with E-state index in [0.717, 1.165) is 23.4 Å². The number of amides is 2. The van der Waals surface area contributed by atoms with E-state index in [1.165, 1.54) is 24.0 Å². The van der Waals surface area contributed by atoms with Crippen LogP contribution in [0.2, 0.25) is 5.02 Å². The number of rotatable bonds is 12. The molecule has 0 spiro atoms. The topological polar surface area (TPSA) is 104 Å². The van der Waals surface area contributed by atoms with Crippen LogP contribution in [-0.4, -0.2) is 56.3 Å². The van der Waals surface area contributed by atoms with Crippen molar-refractivity contribution in [1.82, 2.24) is 10.2 Å². The van der Waals surface area contributed by atoms with E-state index in [0.29, 0.717) is 22.7 Å². The maximum absolute atomic E-state index is 13.5. The monoisotopic (exact) mass is 521 g/mol. The Morgan fingerprint density at radius 3 is 2.37 bits per heavy atom. The second kappa shape index (κ2) is 12.7. The van der Waals surface area contributed by atoms with Gasteiger partial charge in [-0.05, 0) is 50.1 Å². The summed E-state index contributed by atoms with van der Waals surface area (Å²) in [5.74, 6) is -1.13. The Kier molecular flexibility index (Phi) is 10.3. The van der Waals surface area contributed by atoms with Crippen LogP contribution in [0.15, 0.2) is 48.5 Å². The zero-order chi connectivity index (χ0) is 26.2. The normalized spacial score (nSPS) is 12.0. The number of unbranched alkanes of at least 4 members (excludes halogenated alkanes) is 1. The minimum absolute atomic E-state index is 0.0623. The molecule has 190 valence electrons. The second-order valence-electron chi connectivity index (χ2n) is 8.35. The number of Topliss-reactive ketones (excluding diaryl/α,β-unsaturated/α-hetero) is 1. The van der Waals surface area contributed by atoms with Gasteiger partial charge in [0.1, 0.15) is 12.6 Å². The average molecular weight is 522 g/mol. The number of carbonyl (C=O) groups excluding carboxylic acids is 3. The third-order valence-electron chi connectivity index (χ3n) is 5.46. The van der Waals surface area contributed by atoms with Gasteiger partial charge >= 0.3 is 0 Å². The summed E-state index contributed by atoms with van der Waals surface area (Å²) in [6.07, 6.45) is 2.69. The van der Waals surface area contributed by atoms with Crippen molar-refractivity contribution in [2.24, 2.45) is 0 Å². The fourth-order valence-electron chi connectivity index (χ4n) is 3.44. The molecule has 0 saturated heterocycles. The highest BCUT2D eigenvalue weighted by atomic mass is 35.5. The highest BCUT2D eigenvalue weighted by Gasteiger charge is 2.30. The molecule has 0 aliphatic heterocycles. The molecular weight excluding hydrogens is 490 g/mol. The molecule has 0 aliphatic carbocycles. The summed E-state index contributed by atoms with van der Waals surface area (Å²) in [5, 5.41) is 3.30. The number of anilines is 1. The van der Waals surface area contributed by atoms with Gasteiger partial charge in [-0.1, -0.05) is 49.2 Å². The maximum atomic E-state index is 13.5. The standard InChI is InChI=1S/C25H32ClN3O5S/c1-5-6-13-27-25(32)18(2)28(16-20-9-7-11-22(26)14-20)24(31)17-29(35(4,33)34)23-12-8-10-21(15-23)19(3)30/h7-12,14-15,18H,5-6,13,16-17H2,1-4H3,(H,27,32)/t18-/m0/s1. The van der Waals surface area contributed by atoms with Gasteiger partial charge < -0.3 is 10.2 Å². The molecule has 0 saturated carbocycles. The zero-order valence-electron chi connectivity index (χ0n) is 20.5. The average Bonchev–Trinajstić information content (AvgIpc) is 2.79. The molecule has 0 unspecified atom stereocenters. The predicted octanol–water partition coefficient (Wildman–Crippen LogP) is 3.64. The molecule has 1 N–H and O–H groups in total. The van der Waals surface area contributed by atoms with Gasteiger partial charge in [-0.15, -0.1) is 0 Å². The Morgan fingerprint density at radius 2 is 1.77 bits per heavy atom. The summed E-state index contributed by atoms with van der Waals surface area (Å²) in [5.41, 5.74) is 1.21. The summed E-state index contributed by atoms with van der Waals surface area (Å²) in [6.45, 7) is 4.99. The van der Waals surface area contributed by atoms with Crippen LogP contribution in [0, 0.1) is 0 Å². The molecule has 0 bridgehead atoms. The van der Waals surface area contributed by atoms with E-state index in [-0.39, 0.29) is 23.9 Å². The number of nitrogens with one attached hydrogen (secondary N) is 1. The number of benzene rings is 2. The molecule has 1 atom stereocenters. The van der Waals surface area contributed by atoms with Crippen molar-refractivity contribution in [3.8, 4) is 0 Å².